The Hall–Kier alpha value is -2.51. The van der Waals surface area contributed by atoms with E-state index in [1.807, 2.05) is 31.7 Å². The Morgan fingerprint density at radius 3 is 2.90 bits per heavy atom. The molecular weight excluding hydrogens is 404 g/mol. The van der Waals surface area contributed by atoms with Crippen molar-refractivity contribution in [3.05, 3.63) is 47.3 Å². The fourth-order valence-corrected chi connectivity index (χ4v) is 4.51. The Kier molecular flexibility index (Phi) is 5.39. The molecule has 4 heterocycles. The number of aryl methyl sites for hydroxylation is 2. The van der Waals surface area contributed by atoms with Crippen LogP contribution in [0.3, 0.4) is 0 Å². The van der Waals surface area contributed by atoms with Crippen LogP contribution in [0.1, 0.15) is 37.1 Å². The number of halogens is 1. The quantitative estimate of drug-likeness (QED) is 0.568. The van der Waals surface area contributed by atoms with Gasteiger partial charge in [0.05, 0.1) is 22.6 Å². The van der Waals surface area contributed by atoms with E-state index in [2.05, 4.69) is 14.5 Å². The van der Waals surface area contributed by atoms with Crippen LogP contribution in [-0.2, 0) is 13.1 Å². The number of likely N-dealkylation sites (tertiary alicyclic amines) is 1. The van der Waals surface area contributed by atoms with Gasteiger partial charge in [0.25, 0.3) is 0 Å². The lowest BCUT2D eigenvalue weighted by molar-refractivity contribution is 0.126. The highest BCUT2D eigenvalue weighted by Crippen LogP contribution is 2.41. The molecule has 8 heteroatoms. The molecule has 158 valence electrons. The molecule has 2 aromatic heterocycles. The monoisotopic (exact) mass is 428 g/mol. The van der Waals surface area contributed by atoms with Crippen LogP contribution in [0.25, 0.3) is 11.5 Å². The summed E-state index contributed by atoms with van der Waals surface area (Å²) in [5.41, 5.74) is 1.69. The fourth-order valence-electron chi connectivity index (χ4n) is 4.28. The lowest BCUT2D eigenvalue weighted by atomic mass is 9.99. The van der Waals surface area contributed by atoms with E-state index in [4.69, 9.17) is 30.5 Å². The van der Waals surface area contributed by atoms with Crippen LogP contribution in [0.2, 0.25) is 5.02 Å². The summed E-state index contributed by atoms with van der Waals surface area (Å²) in [6.45, 7) is 5.03. The lowest BCUT2D eigenvalue weighted by Gasteiger charge is -2.35. The van der Waals surface area contributed by atoms with Gasteiger partial charge in [-0.3, -0.25) is 4.90 Å². The van der Waals surface area contributed by atoms with E-state index in [0.717, 1.165) is 43.1 Å². The van der Waals surface area contributed by atoms with E-state index in [0.29, 0.717) is 28.5 Å². The topological polar surface area (TPSA) is 65.6 Å². The Labute approximate surface area is 180 Å². The van der Waals surface area contributed by atoms with Crippen LogP contribution in [0, 0.1) is 6.92 Å². The first-order valence-electron chi connectivity index (χ1n) is 10.4. The summed E-state index contributed by atoms with van der Waals surface area (Å²) < 4.78 is 19.0. The number of piperidine rings is 1. The summed E-state index contributed by atoms with van der Waals surface area (Å²) in [6.07, 6.45) is 10.6. The Morgan fingerprint density at radius 1 is 1.20 bits per heavy atom. The van der Waals surface area contributed by atoms with Gasteiger partial charge in [0.2, 0.25) is 12.7 Å². The van der Waals surface area contributed by atoms with Crippen LogP contribution in [0.4, 0.5) is 0 Å². The van der Waals surface area contributed by atoms with Gasteiger partial charge in [0.1, 0.15) is 5.76 Å². The first-order valence-corrected chi connectivity index (χ1v) is 10.8. The largest absolute Gasteiger partial charge is 0.454 e. The molecule has 7 nitrogen and oxygen atoms in total. The number of oxazole rings is 1. The van der Waals surface area contributed by atoms with Crippen molar-refractivity contribution in [2.75, 3.05) is 13.3 Å². The zero-order valence-corrected chi connectivity index (χ0v) is 17.8. The normalized spacial score (nSPS) is 18.8. The van der Waals surface area contributed by atoms with Gasteiger partial charge < -0.3 is 18.5 Å². The number of hydrogen-bond acceptors (Lipinski definition) is 6. The van der Waals surface area contributed by atoms with E-state index in [-0.39, 0.29) is 6.79 Å². The van der Waals surface area contributed by atoms with Crippen molar-refractivity contribution in [2.24, 2.45) is 0 Å². The number of nitrogens with zero attached hydrogens (tertiary/aromatic N) is 4. The van der Waals surface area contributed by atoms with Gasteiger partial charge in [-0.1, -0.05) is 18.0 Å². The molecule has 1 fully saturated rings. The summed E-state index contributed by atoms with van der Waals surface area (Å²) >= 11 is 6.46. The number of aromatic nitrogens is 3. The molecule has 0 N–H and O–H groups in total. The van der Waals surface area contributed by atoms with Gasteiger partial charge >= 0.3 is 0 Å². The van der Waals surface area contributed by atoms with Crippen molar-refractivity contribution in [3.8, 4) is 23.0 Å². The lowest BCUT2D eigenvalue weighted by Crippen LogP contribution is -2.39. The second-order valence-corrected chi connectivity index (χ2v) is 8.32. The van der Waals surface area contributed by atoms with E-state index in [9.17, 15) is 0 Å². The molecule has 2 aliphatic rings. The van der Waals surface area contributed by atoms with Crippen LogP contribution >= 0.6 is 11.6 Å². The van der Waals surface area contributed by atoms with Crippen molar-refractivity contribution in [1.82, 2.24) is 19.4 Å². The molecular formula is C22H25ClN4O3. The summed E-state index contributed by atoms with van der Waals surface area (Å²) in [4.78, 5) is 11.5. The zero-order chi connectivity index (χ0) is 20.5. The van der Waals surface area contributed by atoms with Gasteiger partial charge in [0, 0.05) is 37.6 Å². The Bertz CT molecular complexity index is 1020. The highest BCUT2D eigenvalue weighted by Gasteiger charge is 2.26. The second kappa shape index (κ2) is 8.32. The molecule has 0 spiro atoms. The second-order valence-electron chi connectivity index (χ2n) is 7.92. The molecule has 1 aromatic carbocycles. The Morgan fingerprint density at radius 2 is 2.07 bits per heavy atom. The molecule has 0 amide bonds. The molecule has 1 saturated heterocycles. The van der Waals surface area contributed by atoms with E-state index < -0.39 is 0 Å². The van der Waals surface area contributed by atoms with Gasteiger partial charge in [-0.05, 0) is 38.8 Å². The van der Waals surface area contributed by atoms with E-state index in [1.165, 1.54) is 19.3 Å². The molecule has 0 bridgehead atoms. The maximum atomic E-state index is 6.46. The van der Waals surface area contributed by atoms with Crippen molar-refractivity contribution in [2.45, 2.75) is 51.7 Å². The highest BCUT2D eigenvalue weighted by molar-refractivity contribution is 6.33. The molecule has 1 unspecified atom stereocenters. The van der Waals surface area contributed by atoms with E-state index in [1.54, 1.807) is 6.07 Å². The van der Waals surface area contributed by atoms with Gasteiger partial charge in [-0.15, -0.1) is 0 Å². The molecule has 1 atom stereocenters. The number of rotatable bonds is 6. The number of ether oxygens (including phenoxy) is 2. The maximum absolute atomic E-state index is 6.46. The summed E-state index contributed by atoms with van der Waals surface area (Å²) in [6, 6.07) is 4.14. The zero-order valence-electron chi connectivity index (χ0n) is 17.0. The van der Waals surface area contributed by atoms with Crippen molar-refractivity contribution < 1.29 is 13.9 Å². The number of imidazole rings is 1. The molecule has 0 aliphatic carbocycles. The molecule has 5 rings (SSSR count). The molecule has 3 aromatic rings. The standard InChI is InChI=1S/C22H25ClN4O3/c1-15-19(12-27-7-3-2-4-16(27)5-8-26-9-6-24-13-26)25-22(30-15)17-10-20-21(11-18(17)23)29-14-28-20/h6,9-11,13,16H,2-5,7-8,12,14H2,1H3. The average molecular weight is 429 g/mol. The van der Waals surface area contributed by atoms with Crippen LogP contribution < -0.4 is 9.47 Å². The number of fused-ring (bicyclic) bond motifs is 1. The highest BCUT2D eigenvalue weighted by atomic mass is 35.5. The van der Waals surface area contributed by atoms with Gasteiger partial charge in [0.15, 0.2) is 11.5 Å². The van der Waals surface area contributed by atoms with Crippen molar-refractivity contribution in [3.63, 3.8) is 0 Å². The number of benzene rings is 1. The Balaban J connectivity index is 1.33. The third kappa shape index (κ3) is 3.91. The molecule has 30 heavy (non-hydrogen) atoms. The average Bonchev–Trinajstić information content (AvgIpc) is 3.48. The number of hydrogen-bond donors (Lipinski definition) is 0. The van der Waals surface area contributed by atoms with E-state index >= 15 is 0 Å². The van der Waals surface area contributed by atoms with Crippen molar-refractivity contribution in [1.29, 1.82) is 0 Å². The van der Waals surface area contributed by atoms with Crippen LogP contribution in [-0.4, -0.2) is 38.8 Å². The van der Waals surface area contributed by atoms with Crippen LogP contribution in [0.15, 0.2) is 35.3 Å². The third-order valence-electron chi connectivity index (χ3n) is 5.97. The smallest absolute Gasteiger partial charge is 0.231 e. The summed E-state index contributed by atoms with van der Waals surface area (Å²) in [5.74, 6) is 2.68. The fraction of sp³-hybridized carbons (Fsp3) is 0.455. The van der Waals surface area contributed by atoms with Crippen LogP contribution in [0.5, 0.6) is 11.5 Å². The summed E-state index contributed by atoms with van der Waals surface area (Å²) in [5, 5.41) is 0.545. The third-order valence-corrected chi connectivity index (χ3v) is 6.28. The molecule has 2 aliphatic heterocycles. The summed E-state index contributed by atoms with van der Waals surface area (Å²) in [7, 11) is 0. The molecule has 0 radical (unpaired) electrons. The predicted octanol–water partition coefficient (Wildman–Crippen LogP) is 4.67. The van der Waals surface area contributed by atoms with Gasteiger partial charge in [-0.2, -0.15) is 0 Å². The molecule has 0 saturated carbocycles. The minimum Gasteiger partial charge on any atom is -0.454 e. The predicted molar refractivity (Wildman–Crippen MR) is 113 cm³/mol. The first kappa shape index (κ1) is 19.5. The van der Waals surface area contributed by atoms with Crippen molar-refractivity contribution >= 4 is 11.6 Å². The minimum atomic E-state index is 0.209. The maximum Gasteiger partial charge on any atom is 0.231 e. The SMILES string of the molecule is Cc1oc(-c2cc3c(cc2Cl)OCO3)nc1CN1CCCCC1CCn1ccnc1. The first-order chi connectivity index (χ1) is 14.7. The minimum absolute atomic E-state index is 0.209. The van der Waals surface area contributed by atoms with Gasteiger partial charge in [-0.25, -0.2) is 9.97 Å².